The quantitative estimate of drug-likeness (QED) is 0.527. The molecular formula is C22H23N3. The van der Waals surface area contributed by atoms with Crippen molar-refractivity contribution in [2.24, 2.45) is 0 Å². The number of nitrogens with one attached hydrogen (secondary N) is 2. The van der Waals surface area contributed by atoms with Gasteiger partial charge in [0.25, 0.3) is 0 Å². The van der Waals surface area contributed by atoms with Crippen LogP contribution in [0.3, 0.4) is 0 Å². The number of rotatable bonds is 5. The molecule has 3 heteroatoms. The number of fused-ring (bicyclic) bond motifs is 4. The van der Waals surface area contributed by atoms with Gasteiger partial charge in [0, 0.05) is 47.3 Å². The maximum Gasteiger partial charge on any atom is 0.0480 e. The molecule has 1 aliphatic carbocycles. The van der Waals surface area contributed by atoms with E-state index in [0.717, 1.165) is 32.4 Å². The van der Waals surface area contributed by atoms with Gasteiger partial charge in [-0.2, -0.15) is 0 Å². The third kappa shape index (κ3) is 2.65. The third-order valence-electron chi connectivity index (χ3n) is 5.49. The summed E-state index contributed by atoms with van der Waals surface area (Å²) in [6.45, 7) is 2.14. The van der Waals surface area contributed by atoms with Crippen molar-refractivity contribution in [2.45, 2.75) is 31.8 Å². The first-order chi connectivity index (χ1) is 12.4. The largest absolute Gasteiger partial charge is 0.358 e. The van der Waals surface area contributed by atoms with Crippen LogP contribution in [0.15, 0.2) is 60.8 Å². The number of aryl methyl sites for hydroxylation is 1. The molecule has 0 fully saturated rings. The number of para-hydroxylation sites is 2. The number of nitrogens with zero attached hydrogens (tertiary/aromatic N) is 1. The van der Waals surface area contributed by atoms with Crippen molar-refractivity contribution in [3.8, 4) is 0 Å². The van der Waals surface area contributed by atoms with Crippen molar-refractivity contribution >= 4 is 21.8 Å². The Labute approximate surface area is 147 Å². The fourth-order valence-corrected chi connectivity index (χ4v) is 4.26. The van der Waals surface area contributed by atoms with E-state index in [-0.39, 0.29) is 0 Å². The van der Waals surface area contributed by atoms with Gasteiger partial charge >= 0.3 is 0 Å². The lowest BCUT2D eigenvalue weighted by Gasteiger charge is -2.13. The molecule has 0 radical (unpaired) electrons. The van der Waals surface area contributed by atoms with Gasteiger partial charge in [0.15, 0.2) is 0 Å². The minimum Gasteiger partial charge on any atom is -0.358 e. The highest BCUT2D eigenvalue weighted by Crippen LogP contribution is 2.29. The molecule has 1 unspecified atom stereocenters. The molecular weight excluding hydrogens is 306 g/mol. The van der Waals surface area contributed by atoms with E-state index in [2.05, 4.69) is 75.7 Å². The molecule has 0 bridgehead atoms. The normalized spacial score (nSPS) is 16.7. The van der Waals surface area contributed by atoms with E-state index in [0.29, 0.717) is 6.04 Å². The first kappa shape index (κ1) is 14.8. The van der Waals surface area contributed by atoms with E-state index in [9.17, 15) is 0 Å². The van der Waals surface area contributed by atoms with Gasteiger partial charge < -0.3 is 14.9 Å². The SMILES string of the molecule is c1ccc2c(c1)ccn2CCCNC1Cc2[nH]c3ccccc3c2C1. The molecule has 2 N–H and O–H groups in total. The summed E-state index contributed by atoms with van der Waals surface area (Å²) in [6, 6.07) is 20.1. The van der Waals surface area contributed by atoms with Gasteiger partial charge in [-0.05, 0) is 48.5 Å². The van der Waals surface area contributed by atoms with Gasteiger partial charge in [-0.15, -0.1) is 0 Å². The molecule has 0 saturated heterocycles. The minimum atomic E-state index is 0.576. The first-order valence-corrected chi connectivity index (χ1v) is 9.24. The average molecular weight is 329 g/mol. The standard InChI is InChI=1S/C22H23N3/c1-4-9-22-16(6-1)10-13-25(22)12-5-11-23-17-14-19-18-7-2-3-8-20(18)24-21(19)15-17/h1-4,6-10,13,17,23-24H,5,11-12,14-15H2. The van der Waals surface area contributed by atoms with Crippen LogP contribution in [-0.4, -0.2) is 22.1 Å². The van der Waals surface area contributed by atoms with Crippen LogP contribution in [0.25, 0.3) is 21.8 Å². The van der Waals surface area contributed by atoms with Gasteiger partial charge in [-0.1, -0.05) is 36.4 Å². The van der Waals surface area contributed by atoms with Crippen LogP contribution in [-0.2, 0) is 19.4 Å². The monoisotopic (exact) mass is 329 g/mol. The van der Waals surface area contributed by atoms with E-state index in [1.165, 1.54) is 33.1 Å². The highest BCUT2D eigenvalue weighted by molar-refractivity contribution is 5.85. The van der Waals surface area contributed by atoms with Crippen molar-refractivity contribution in [3.05, 3.63) is 72.1 Å². The molecule has 0 spiro atoms. The predicted octanol–water partition coefficient (Wildman–Crippen LogP) is 4.27. The topological polar surface area (TPSA) is 32.8 Å². The third-order valence-corrected chi connectivity index (χ3v) is 5.49. The van der Waals surface area contributed by atoms with Crippen molar-refractivity contribution < 1.29 is 0 Å². The van der Waals surface area contributed by atoms with Crippen LogP contribution >= 0.6 is 0 Å². The molecule has 1 aliphatic rings. The van der Waals surface area contributed by atoms with E-state index in [4.69, 9.17) is 0 Å². The molecule has 0 saturated carbocycles. The summed E-state index contributed by atoms with van der Waals surface area (Å²) in [5.74, 6) is 0. The van der Waals surface area contributed by atoms with Gasteiger partial charge in [-0.3, -0.25) is 0 Å². The molecule has 0 amide bonds. The van der Waals surface area contributed by atoms with Gasteiger partial charge in [0.05, 0.1) is 0 Å². The maximum absolute atomic E-state index is 3.76. The second kappa shape index (κ2) is 6.08. The highest BCUT2D eigenvalue weighted by atomic mass is 15.0. The zero-order chi connectivity index (χ0) is 16.6. The summed E-state index contributed by atoms with van der Waals surface area (Å²) < 4.78 is 2.36. The fraction of sp³-hybridized carbons (Fsp3) is 0.273. The average Bonchev–Trinajstić information content (AvgIpc) is 3.31. The van der Waals surface area contributed by atoms with Crippen LogP contribution in [0.1, 0.15) is 17.7 Å². The molecule has 5 rings (SSSR count). The Morgan fingerprint density at radius 2 is 1.88 bits per heavy atom. The Morgan fingerprint density at radius 1 is 1.00 bits per heavy atom. The molecule has 0 aliphatic heterocycles. The van der Waals surface area contributed by atoms with Crippen LogP contribution in [0, 0.1) is 0 Å². The van der Waals surface area contributed by atoms with E-state index in [1.54, 1.807) is 0 Å². The van der Waals surface area contributed by atoms with E-state index >= 15 is 0 Å². The van der Waals surface area contributed by atoms with E-state index < -0.39 is 0 Å². The molecule has 4 aromatic rings. The van der Waals surface area contributed by atoms with Crippen LogP contribution in [0.2, 0.25) is 0 Å². The number of hydrogen-bond acceptors (Lipinski definition) is 1. The summed E-state index contributed by atoms with van der Waals surface area (Å²) in [6.07, 6.45) is 5.63. The van der Waals surface area contributed by atoms with E-state index in [1.807, 2.05) is 0 Å². The summed E-state index contributed by atoms with van der Waals surface area (Å²) in [4.78, 5) is 3.59. The number of hydrogen-bond donors (Lipinski definition) is 2. The maximum atomic E-state index is 3.76. The predicted molar refractivity (Wildman–Crippen MR) is 104 cm³/mol. The molecule has 126 valence electrons. The zero-order valence-electron chi connectivity index (χ0n) is 14.3. The Hall–Kier alpha value is -2.52. The lowest BCUT2D eigenvalue weighted by Crippen LogP contribution is -2.31. The second-order valence-corrected chi connectivity index (χ2v) is 7.11. The summed E-state index contributed by atoms with van der Waals surface area (Å²) >= 11 is 0. The van der Waals surface area contributed by atoms with Crippen molar-refractivity contribution in [1.29, 1.82) is 0 Å². The highest BCUT2D eigenvalue weighted by Gasteiger charge is 2.24. The Bertz CT molecular complexity index is 1020. The molecule has 3 nitrogen and oxygen atoms in total. The van der Waals surface area contributed by atoms with Gasteiger partial charge in [0.1, 0.15) is 0 Å². The van der Waals surface area contributed by atoms with Gasteiger partial charge in [-0.25, -0.2) is 0 Å². The Morgan fingerprint density at radius 3 is 2.88 bits per heavy atom. The minimum absolute atomic E-state index is 0.576. The lowest BCUT2D eigenvalue weighted by atomic mass is 10.1. The van der Waals surface area contributed by atoms with Crippen molar-refractivity contribution in [3.63, 3.8) is 0 Å². The Kier molecular flexibility index (Phi) is 3.60. The fourth-order valence-electron chi connectivity index (χ4n) is 4.26. The van der Waals surface area contributed by atoms with Crippen LogP contribution in [0.4, 0.5) is 0 Å². The lowest BCUT2D eigenvalue weighted by molar-refractivity contribution is 0.503. The smallest absolute Gasteiger partial charge is 0.0480 e. The molecule has 2 heterocycles. The second-order valence-electron chi connectivity index (χ2n) is 7.11. The molecule has 25 heavy (non-hydrogen) atoms. The number of benzene rings is 2. The van der Waals surface area contributed by atoms with Crippen molar-refractivity contribution in [2.75, 3.05) is 6.54 Å². The summed E-state index contributed by atoms with van der Waals surface area (Å²) in [5.41, 5.74) is 5.56. The van der Waals surface area contributed by atoms with Crippen molar-refractivity contribution in [1.82, 2.24) is 14.9 Å². The van der Waals surface area contributed by atoms with Gasteiger partial charge in [0.2, 0.25) is 0 Å². The first-order valence-electron chi connectivity index (χ1n) is 9.24. The Balaban J connectivity index is 1.17. The molecule has 1 atom stereocenters. The summed E-state index contributed by atoms with van der Waals surface area (Å²) in [5, 5.41) is 6.49. The van der Waals surface area contributed by atoms with Crippen LogP contribution in [0.5, 0.6) is 0 Å². The zero-order valence-corrected chi connectivity index (χ0v) is 14.3. The number of aromatic amines is 1. The summed E-state index contributed by atoms with van der Waals surface area (Å²) in [7, 11) is 0. The molecule has 2 aromatic carbocycles. The van der Waals surface area contributed by atoms with Crippen LogP contribution < -0.4 is 5.32 Å². The molecule has 2 aromatic heterocycles. The number of H-pyrrole nitrogens is 1. The number of aromatic nitrogens is 2.